The standard InChI is InChI=1S/C17H13ClF2N2OS/c1-10-9-22(16(23)14-7-4-12(19)8-15(14)20)17(24-10)21-13-5-2-11(18)3-6-13/h2-8,10H,9H2,1H3/t10-/m0/s1. The summed E-state index contributed by atoms with van der Waals surface area (Å²) in [7, 11) is 0. The fraction of sp³-hybridized carbons (Fsp3) is 0.176. The molecule has 2 aromatic carbocycles. The molecule has 0 saturated carbocycles. The van der Waals surface area contributed by atoms with Crippen molar-refractivity contribution < 1.29 is 13.6 Å². The number of hydrogen-bond donors (Lipinski definition) is 0. The Morgan fingerprint density at radius 2 is 1.96 bits per heavy atom. The van der Waals surface area contributed by atoms with Gasteiger partial charge in [-0.05, 0) is 36.4 Å². The van der Waals surface area contributed by atoms with E-state index in [0.29, 0.717) is 28.5 Å². The largest absolute Gasteiger partial charge is 0.286 e. The molecule has 3 rings (SSSR count). The van der Waals surface area contributed by atoms with Gasteiger partial charge in [-0.25, -0.2) is 13.8 Å². The number of nitrogens with zero attached hydrogens (tertiary/aromatic N) is 2. The molecule has 0 radical (unpaired) electrons. The van der Waals surface area contributed by atoms with Gasteiger partial charge in [0, 0.05) is 22.9 Å². The monoisotopic (exact) mass is 366 g/mol. The summed E-state index contributed by atoms with van der Waals surface area (Å²) in [6.45, 7) is 2.36. The van der Waals surface area contributed by atoms with Crippen LogP contribution >= 0.6 is 23.4 Å². The third kappa shape index (κ3) is 3.60. The number of rotatable bonds is 2. The Balaban J connectivity index is 1.92. The summed E-state index contributed by atoms with van der Waals surface area (Å²) < 4.78 is 26.9. The first-order valence-corrected chi connectivity index (χ1v) is 8.47. The Bertz CT molecular complexity index is 811. The molecule has 24 heavy (non-hydrogen) atoms. The number of hydrogen-bond acceptors (Lipinski definition) is 3. The summed E-state index contributed by atoms with van der Waals surface area (Å²) in [5, 5.41) is 1.20. The first-order valence-electron chi connectivity index (χ1n) is 7.22. The van der Waals surface area contributed by atoms with Crippen molar-refractivity contribution >= 4 is 40.1 Å². The minimum atomic E-state index is -0.879. The maximum atomic E-state index is 13.9. The number of benzene rings is 2. The normalized spacial score (nSPS) is 19.1. The van der Waals surface area contributed by atoms with Gasteiger partial charge in [0.1, 0.15) is 11.6 Å². The predicted molar refractivity (Wildman–Crippen MR) is 93.0 cm³/mol. The summed E-state index contributed by atoms with van der Waals surface area (Å²) in [5.41, 5.74) is 0.475. The highest BCUT2D eigenvalue weighted by molar-refractivity contribution is 8.14. The Labute approximate surface area is 147 Å². The van der Waals surface area contributed by atoms with Crippen molar-refractivity contribution in [2.24, 2.45) is 4.99 Å². The van der Waals surface area contributed by atoms with E-state index in [1.54, 1.807) is 24.3 Å². The lowest BCUT2D eigenvalue weighted by Crippen LogP contribution is -2.33. The number of carbonyl (C=O) groups excluding carboxylic acids is 1. The van der Waals surface area contributed by atoms with E-state index in [1.807, 2.05) is 6.92 Å². The van der Waals surface area contributed by atoms with E-state index < -0.39 is 17.5 Å². The van der Waals surface area contributed by atoms with Crippen molar-refractivity contribution in [1.82, 2.24) is 4.90 Å². The van der Waals surface area contributed by atoms with Crippen LogP contribution in [0.15, 0.2) is 47.5 Å². The van der Waals surface area contributed by atoms with Crippen molar-refractivity contribution in [1.29, 1.82) is 0 Å². The average molecular weight is 367 g/mol. The molecule has 0 aromatic heterocycles. The lowest BCUT2D eigenvalue weighted by Gasteiger charge is -2.16. The number of amides is 1. The molecule has 0 spiro atoms. The molecule has 0 N–H and O–H groups in total. The van der Waals surface area contributed by atoms with E-state index in [1.165, 1.54) is 16.7 Å². The van der Waals surface area contributed by atoms with Crippen LogP contribution in [-0.4, -0.2) is 27.8 Å². The highest BCUT2D eigenvalue weighted by Gasteiger charge is 2.32. The second-order valence-electron chi connectivity index (χ2n) is 5.34. The minimum Gasteiger partial charge on any atom is -0.286 e. The van der Waals surface area contributed by atoms with Gasteiger partial charge in [0.15, 0.2) is 5.17 Å². The van der Waals surface area contributed by atoms with Crippen molar-refractivity contribution in [2.45, 2.75) is 12.2 Å². The Morgan fingerprint density at radius 3 is 2.62 bits per heavy atom. The van der Waals surface area contributed by atoms with E-state index in [4.69, 9.17) is 11.6 Å². The van der Waals surface area contributed by atoms with Crippen molar-refractivity contribution in [3.8, 4) is 0 Å². The topological polar surface area (TPSA) is 32.7 Å². The van der Waals surface area contributed by atoms with Crippen LogP contribution in [0.4, 0.5) is 14.5 Å². The number of thioether (sulfide) groups is 1. The molecule has 0 aliphatic carbocycles. The SMILES string of the molecule is C[C@H]1CN(C(=O)c2ccc(F)cc2F)C(=Nc2ccc(Cl)cc2)S1. The molecule has 1 atom stereocenters. The molecule has 3 nitrogen and oxygen atoms in total. The molecule has 1 fully saturated rings. The van der Waals surface area contributed by atoms with E-state index in [2.05, 4.69) is 4.99 Å². The molecular weight excluding hydrogens is 354 g/mol. The zero-order valence-electron chi connectivity index (χ0n) is 12.7. The second-order valence-corrected chi connectivity index (χ2v) is 7.18. The van der Waals surface area contributed by atoms with Crippen molar-refractivity contribution in [3.05, 3.63) is 64.7 Å². The molecule has 1 heterocycles. The number of carbonyl (C=O) groups is 1. The van der Waals surface area contributed by atoms with Gasteiger partial charge in [-0.3, -0.25) is 9.69 Å². The van der Waals surface area contributed by atoms with E-state index in [0.717, 1.165) is 12.1 Å². The zero-order valence-corrected chi connectivity index (χ0v) is 14.2. The van der Waals surface area contributed by atoms with Crippen LogP contribution in [0, 0.1) is 11.6 Å². The van der Waals surface area contributed by atoms with Crippen LogP contribution in [0.2, 0.25) is 5.02 Å². The minimum absolute atomic E-state index is 0.128. The first kappa shape index (κ1) is 16.9. The molecule has 1 aliphatic rings. The zero-order chi connectivity index (χ0) is 17.3. The van der Waals surface area contributed by atoms with Crippen LogP contribution in [0.1, 0.15) is 17.3 Å². The average Bonchev–Trinajstić information content (AvgIpc) is 2.89. The van der Waals surface area contributed by atoms with Gasteiger partial charge in [0.2, 0.25) is 0 Å². The molecule has 124 valence electrons. The lowest BCUT2D eigenvalue weighted by molar-refractivity contribution is 0.0851. The van der Waals surface area contributed by atoms with Gasteiger partial charge in [0.05, 0.1) is 11.3 Å². The molecule has 1 saturated heterocycles. The Hall–Kier alpha value is -1.92. The van der Waals surface area contributed by atoms with E-state index >= 15 is 0 Å². The fourth-order valence-corrected chi connectivity index (χ4v) is 3.46. The quantitative estimate of drug-likeness (QED) is 0.758. The summed E-state index contributed by atoms with van der Waals surface area (Å²) in [5.74, 6) is -2.13. The lowest BCUT2D eigenvalue weighted by atomic mass is 10.2. The smallest absolute Gasteiger partial charge is 0.262 e. The molecule has 1 aliphatic heterocycles. The predicted octanol–water partition coefficient (Wildman–Crippen LogP) is 4.88. The Kier molecular flexibility index (Phi) is 4.87. The van der Waals surface area contributed by atoms with Crippen molar-refractivity contribution in [3.63, 3.8) is 0 Å². The van der Waals surface area contributed by atoms with Crippen LogP contribution in [0.3, 0.4) is 0 Å². The molecule has 7 heteroatoms. The molecule has 1 amide bonds. The first-order chi connectivity index (χ1) is 11.4. The van der Waals surface area contributed by atoms with Gasteiger partial charge >= 0.3 is 0 Å². The van der Waals surface area contributed by atoms with Crippen LogP contribution in [-0.2, 0) is 0 Å². The van der Waals surface area contributed by atoms with Crippen LogP contribution in [0.5, 0.6) is 0 Å². The maximum Gasteiger partial charge on any atom is 0.262 e. The van der Waals surface area contributed by atoms with Gasteiger partial charge in [-0.1, -0.05) is 30.3 Å². The number of halogens is 3. The van der Waals surface area contributed by atoms with Gasteiger partial charge in [0.25, 0.3) is 5.91 Å². The maximum absolute atomic E-state index is 13.9. The van der Waals surface area contributed by atoms with Crippen molar-refractivity contribution in [2.75, 3.05) is 6.54 Å². The summed E-state index contributed by atoms with van der Waals surface area (Å²) in [6, 6.07) is 9.81. The summed E-state index contributed by atoms with van der Waals surface area (Å²) in [4.78, 5) is 18.5. The fourth-order valence-electron chi connectivity index (χ4n) is 2.31. The summed E-state index contributed by atoms with van der Waals surface area (Å²) in [6.07, 6.45) is 0. The molecule has 0 unspecified atom stereocenters. The molecule has 2 aromatic rings. The van der Waals surface area contributed by atoms with Gasteiger partial charge in [-0.2, -0.15) is 0 Å². The third-order valence-electron chi connectivity index (χ3n) is 3.44. The Morgan fingerprint density at radius 1 is 1.25 bits per heavy atom. The van der Waals surface area contributed by atoms with Gasteiger partial charge < -0.3 is 0 Å². The number of amidine groups is 1. The van der Waals surface area contributed by atoms with E-state index in [9.17, 15) is 13.6 Å². The van der Waals surface area contributed by atoms with E-state index in [-0.39, 0.29) is 10.8 Å². The highest BCUT2D eigenvalue weighted by atomic mass is 35.5. The van der Waals surface area contributed by atoms with Crippen LogP contribution in [0.25, 0.3) is 0 Å². The second kappa shape index (κ2) is 6.91. The molecule has 0 bridgehead atoms. The summed E-state index contributed by atoms with van der Waals surface area (Å²) >= 11 is 7.28. The highest BCUT2D eigenvalue weighted by Crippen LogP contribution is 2.30. The number of aliphatic imine (C=N–C) groups is 1. The van der Waals surface area contributed by atoms with Gasteiger partial charge in [-0.15, -0.1) is 0 Å². The molecular formula is C17H13ClF2N2OS. The van der Waals surface area contributed by atoms with Crippen LogP contribution < -0.4 is 0 Å². The third-order valence-corrected chi connectivity index (χ3v) is 4.76.